The number of hydrogen-bond acceptors (Lipinski definition) is 6. The molecule has 0 spiro atoms. The third-order valence-corrected chi connectivity index (χ3v) is 3.35. The van der Waals surface area contributed by atoms with E-state index in [9.17, 15) is 9.59 Å². The molecule has 1 aromatic carbocycles. The van der Waals surface area contributed by atoms with Crippen molar-refractivity contribution in [2.45, 2.75) is 13.8 Å². The van der Waals surface area contributed by atoms with E-state index in [1.165, 1.54) is 13.1 Å². The van der Waals surface area contributed by atoms with Gasteiger partial charge in [-0.3, -0.25) is 9.59 Å². The highest BCUT2D eigenvalue weighted by atomic mass is 16.5. The molecule has 0 bridgehead atoms. The van der Waals surface area contributed by atoms with E-state index >= 15 is 0 Å². The first-order valence-corrected chi connectivity index (χ1v) is 7.85. The molecular formula is C18H17N5O3. The fourth-order valence-electron chi connectivity index (χ4n) is 2.28. The minimum atomic E-state index is -0.323. The smallest absolute Gasteiger partial charge is 0.257 e. The van der Waals surface area contributed by atoms with Crippen LogP contribution < -0.4 is 16.0 Å². The largest absolute Gasteiger partial charge is 0.360 e. The summed E-state index contributed by atoms with van der Waals surface area (Å²) in [6.07, 6.45) is 1.53. The molecule has 0 radical (unpaired) electrons. The first-order chi connectivity index (χ1) is 12.5. The van der Waals surface area contributed by atoms with Crippen molar-refractivity contribution in [3.05, 3.63) is 60.0 Å². The normalized spacial score (nSPS) is 10.2. The van der Waals surface area contributed by atoms with Crippen LogP contribution in [0.5, 0.6) is 0 Å². The van der Waals surface area contributed by atoms with Gasteiger partial charge >= 0.3 is 0 Å². The van der Waals surface area contributed by atoms with Crippen LogP contribution in [-0.2, 0) is 4.79 Å². The number of anilines is 4. The number of hydrogen-bond donors (Lipinski definition) is 3. The van der Waals surface area contributed by atoms with Gasteiger partial charge in [0, 0.05) is 36.1 Å². The van der Waals surface area contributed by atoms with Gasteiger partial charge in [0.1, 0.15) is 11.6 Å². The molecule has 0 fully saturated rings. The number of rotatable bonds is 5. The summed E-state index contributed by atoms with van der Waals surface area (Å²) in [4.78, 5) is 27.7. The highest BCUT2D eigenvalue weighted by molar-refractivity contribution is 6.04. The van der Waals surface area contributed by atoms with Crippen molar-refractivity contribution in [1.29, 1.82) is 0 Å². The van der Waals surface area contributed by atoms with Crippen LogP contribution in [-0.4, -0.2) is 22.0 Å². The summed E-state index contributed by atoms with van der Waals surface area (Å²) in [6.45, 7) is 3.19. The van der Waals surface area contributed by atoms with Crippen LogP contribution in [0.1, 0.15) is 23.0 Å². The number of carbonyl (C=O) groups is 2. The summed E-state index contributed by atoms with van der Waals surface area (Å²) in [5.41, 5.74) is 1.81. The van der Waals surface area contributed by atoms with Crippen LogP contribution >= 0.6 is 0 Å². The molecule has 26 heavy (non-hydrogen) atoms. The van der Waals surface area contributed by atoms with E-state index in [4.69, 9.17) is 4.52 Å². The van der Waals surface area contributed by atoms with Gasteiger partial charge in [-0.1, -0.05) is 11.2 Å². The van der Waals surface area contributed by atoms with Crippen molar-refractivity contribution in [1.82, 2.24) is 10.1 Å². The Morgan fingerprint density at radius 3 is 2.54 bits per heavy atom. The Balaban J connectivity index is 1.73. The molecule has 3 N–H and O–H groups in total. The SMILES string of the molecule is CC(=O)Nc1cccc(Nc2cc(C(=O)Nc3cc(C)on3)ccn2)c1. The van der Waals surface area contributed by atoms with Crippen LogP contribution in [0.2, 0.25) is 0 Å². The van der Waals surface area contributed by atoms with E-state index in [0.29, 0.717) is 28.6 Å². The highest BCUT2D eigenvalue weighted by Gasteiger charge is 2.10. The van der Waals surface area contributed by atoms with E-state index in [1.807, 2.05) is 6.07 Å². The molecule has 3 aromatic rings. The summed E-state index contributed by atoms with van der Waals surface area (Å²) in [6, 6.07) is 12.0. The van der Waals surface area contributed by atoms with Crippen molar-refractivity contribution in [2.75, 3.05) is 16.0 Å². The molecule has 0 saturated carbocycles. The fourth-order valence-corrected chi connectivity index (χ4v) is 2.28. The zero-order valence-corrected chi connectivity index (χ0v) is 14.2. The first-order valence-electron chi connectivity index (χ1n) is 7.85. The Bertz CT molecular complexity index is 951. The van der Waals surface area contributed by atoms with Gasteiger partial charge in [0.25, 0.3) is 5.91 Å². The minimum absolute atomic E-state index is 0.151. The highest BCUT2D eigenvalue weighted by Crippen LogP contribution is 2.20. The molecule has 132 valence electrons. The standard InChI is InChI=1S/C18H17N5O3/c1-11-8-17(23-26-11)22-18(25)13-6-7-19-16(9-13)21-15-5-3-4-14(10-15)20-12(2)24/h3-10H,1-2H3,(H,19,21)(H,20,24)(H,22,23,25). The van der Waals surface area contributed by atoms with Gasteiger partial charge in [-0.25, -0.2) is 4.98 Å². The monoisotopic (exact) mass is 351 g/mol. The number of carbonyl (C=O) groups excluding carboxylic acids is 2. The van der Waals surface area contributed by atoms with Crippen LogP contribution in [0.15, 0.2) is 53.2 Å². The third kappa shape index (κ3) is 4.44. The summed E-state index contributed by atoms with van der Waals surface area (Å²) >= 11 is 0. The van der Waals surface area contributed by atoms with E-state index in [0.717, 1.165) is 5.69 Å². The molecule has 0 saturated heterocycles. The molecule has 3 rings (SSSR count). The van der Waals surface area contributed by atoms with E-state index in [-0.39, 0.29) is 11.8 Å². The first kappa shape index (κ1) is 17.2. The molecule has 0 atom stereocenters. The molecule has 0 aliphatic heterocycles. The Hall–Kier alpha value is -3.68. The zero-order chi connectivity index (χ0) is 18.5. The summed E-state index contributed by atoms with van der Waals surface area (Å²) in [5, 5.41) is 12.2. The molecule has 8 heteroatoms. The molecular weight excluding hydrogens is 334 g/mol. The number of aromatic nitrogens is 2. The van der Waals surface area contributed by atoms with Gasteiger partial charge in [0.15, 0.2) is 5.82 Å². The Morgan fingerprint density at radius 2 is 1.81 bits per heavy atom. The summed E-state index contributed by atoms with van der Waals surface area (Å²) in [7, 11) is 0. The lowest BCUT2D eigenvalue weighted by molar-refractivity contribution is -0.114. The van der Waals surface area contributed by atoms with E-state index < -0.39 is 0 Å². The number of pyridine rings is 1. The van der Waals surface area contributed by atoms with Crippen LogP contribution in [0.25, 0.3) is 0 Å². The Labute approximate surface area is 149 Å². The van der Waals surface area contributed by atoms with Crippen LogP contribution in [0.4, 0.5) is 23.0 Å². The van der Waals surface area contributed by atoms with Gasteiger partial charge in [0.05, 0.1) is 0 Å². The van der Waals surface area contributed by atoms with Crippen molar-refractivity contribution in [3.8, 4) is 0 Å². The number of benzene rings is 1. The topological polar surface area (TPSA) is 109 Å². The second-order valence-corrected chi connectivity index (χ2v) is 5.59. The summed E-state index contributed by atoms with van der Waals surface area (Å²) in [5.74, 6) is 0.977. The molecule has 0 aliphatic carbocycles. The molecule has 8 nitrogen and oxygen atoms in total. The van der Waals surface area contributed by atoms with Gasteiger partial charge < -0.3 is 20.5 Å². The van der Waals surface area contributed by atoms with E-state index in [2.05, 4.69) is 26.1 Å². The Kier molecular flexibility index (Phi) is 4.93. The predicted octanol–water partition coefficient (Wildman–Crippen LogP) is 3.33. The lowest BCUT2D eigenvalue weighted by Crippen LogP contribution is -2.12. The molecule has 2 heterocycles. The minimum Gasteiger partial charge on any atom is -0.360 e. The lowest BCUT2D eigenvalue weighted by atomic mass is 10.2. The van der Waals surface area contributed by atoms with Gasteiger partial charge in [0.2, 0.25) is 5.91 Å². The maximum Gasteiger partial charge on any atom is 0.257 e. The van der Waals surface area contributed by atoms with Crippen LogP contribution in [0.3, 0.4) is 0 Å². The number of amides is 2. The zero-order valence-electron chi connectivity index (χ0n) is 14.2. The van der Waals surface area contributed by atoms with Gasteiger partial charge in [-0.2, -0.15) is 0 Å². The van der Waals surface area contributed by atoms with Crippen molar-refractivity contribution in [3.63, 3.8) is 0 Å². The molecule has 0 unspecified atom stereocenters. The van der Waals surface area contributed by atoms with Gasteiger partial charge in [-0.05, 0) is 37.3 Å². The second kappa shape index (κ2) is 7.47. The molecule has 2 amide bonds. The van der Waals surface area contributed by atoms with Crippen molar-refractivity contribution in [2.24, 2.45) is 0 Å². The third-order valence-electron chi connectivity index (χ3n) is 3.35. The second-order valence-electron chi connectivity index (χ2n) is 5.59. The average Bonchev–Trinajstić information content (AvgIpc) is 2.99. The number of nitrogens with one attached hydrogen (secondary N) is 3. The van der Waals surface area contributed by atoms with E-state index in [1.54, 1.807) is 43.3 Å². The maximum atomic E-state index is 12.3. The predicted molar refractivity (Wildman–Crippen MR) is 97.5 cm³/mol. The average molecular weight is 351 g/mol. The molecule has 2 aromatic heterocycles. The summed E-state index contributed by atoms with van der Waals surface area (Å²) < 4.78 is 4.92. The Morgan fingerprint density at radius 1 is 1.00 bits per heavy atom. The molecule has 0 aliphatic rings. The fraction of sp³-hybridized carbons (Fsp3) is 0.111. The van der Waals surface area contributed by atoms with Crippen molar-refractivity contribution >= 4 is 34.8 Å². The quantitative estimate of drug-likeness (QED) is 0.650. The van der Waals surface area contributed by atoms with Gasteiger partial charge in [-0.15, -0.1) is 0 Å². The maximum absolute atomic E-state index is 12.3. The van der Waals surface area contributed by atoms with Crippen molar-refractivity contribution < 1.29 is 14.1 Å². The number of aryl methyl sites for hydroxylation is 1. The number of nitrogens with zero attached hydrogens (tertiary/aromatic N) is 2. The lowest BCUT2D eigenvalue weighted by Gasteiger charge is -2.09. The van der Waals surface area contributed by atoms with Crippen LogP contribution in [0, 0.1) is 6.92 Å².